The largest absolute Gasteiger partial charge is 0.497 e. The first-order valence-corrected chi connectivity index (χ1v) is 11.0. The van der Waals surface area contributed by atoms with Crippen LogP contribution in [0.25, 0.3) is 0 Å². The third-order valence-corrected chi connectivity index (χ3v) is 5.67. The Morgan fingerprint density at radius 3 is 2.58 bits per heavy atom. The molecule has 1 atom stereocenters. The Morgan fingerprint density at radius 1 is 1.10 bits per heavy atom. The fraction of sp³-hybridized carbons (Fsp3) is 0.348. The van der Waals surface area contributed by atoms with Gasteiger partial charge in [-0.25, -0.2) is 4.98 Å². The number of para-hydroxylation sites is 1. The van der Waals surface area contributed by atoms with Gasteiger partial charge in [-0.05, 0) is 43.2 Å². The molecule has 8 heteroatoms. The molecule has 1 aromatic heterocycles. The number of ether oxygens (including phenoxy) is 2. The molecule has 0 aliphatic rings. The lowest BCUT2D eigenvalue weighted by Gasteiger charge is -2.17. The molecule has 31 heavy (non-hydrogen) atoms. The van der Waals surface area contributed by atoms with Crippen molar-refractivity contribution in [3.63, 3.8) is 0 Å². The van der Waals surface area contributed by atoms with E-state index in [0.29, 0.717) is 18.5 Å². The van der Waals surface area contributed by atoms with Gasteiger partial charge >= 0.3 is 0 Å². The number of hydrogen-bond donors (Lipinski definition) is 2. The van der Waals surface area contributed by atoms with Gasteiger partial charge in [-0.1, -0.05) is 25.1 Å². The van der Waals surface area contributed by atoms with Gasteiger partial charge < -0.3 is 20.1 Å². The molecule has 0 saturated heterocycles. The molecule has 3 aromatic rings. The normalized spacial score (nSPS) is 11.6. The van der Waals surface area contributed by atoms with Gasteiger partial charge in [0.2, 0.25) is 5.13 Å². The molecular weight excluding hydrogens is 412 g/mol. The summed E-state index contributed by atoms with van der Waals surface area (Å²) in [6.45, 7) is 2.76. The van der Waals surface area contributed by atoms with E-state index in [1.807, 2.05) is 24.3 Å². The van der Waals surface area contributed by atoms with E-state index in [0.717, 1.165) is 40.9 Å². The van der Waals surface area contributed by atoms with Gasteiger partial charge in [0.15, 0.2) is 0 Å². The van der Waals surface area contributed by atoms with Crippen LogP contribution in [0.1, 0.15) is 41.5 Å². The van der Waals surface area contributed by atoms with Crippen molar-refractivity contribution in [2.24, 2.45) is 0 Å². The van der Waals surface area contributed by atoms with Crippen molar-refractivity contribution in [3.05, 3.63) is 65.5 Å². The highest BCUT2D eigenvalue weighted by atomic mass is 32.1. The minimum absolute atomic E-state index is 0.0723. The maximum Gasteiger partial charge on any atom is 0.251 e. The van der Waals surface area contributed by atoms with Crippen LogP contribution >= 0.6 is 11.5 Å². The molecule has 7 nitrogen and oxygen atoms in total. The van der Waals surface area contributed by atoms with E-state index < -0.39 is 0 Å². The predicted molar refractivity (Wildman–Crippen MR) is 123 cm³/mol. The molecule has 0 bridgehead atoms. The Labute approximate surface area is 187 Å². The third-order valence-electron chi connectivity index (χ3n) is 4.96. The topological polar surface area (TPSA) is 85.4 Å². The molecule has 0 aliphatic heterocycles. The Kier molecular flexibility index (Phi) is 8.23. The molecule has 0 fully saturated rings. The van der Waals surface area contributed by atoms with Crippen molar-refractivity contribution in [1.82, 2.24) is 14.7 Å². The van der Waals surface area contributed by atoms with Crippen LogP contribution in [0.5, 0.6) is 11.5 Å². The van der Waals surface area contributed by atoms with Crippen molar-refractivity contribution in [1.29, 1.82) is 0 Å². The fourth-order valence-corrected chi connectivity index (χ4v) is 3.77. The van der Waals surface area contributed by atoms with Crippen LogP contribution in [-0.4, -0.2) is 42.1 Å². The van der Waals surface area contributed by atoms with Crippen LogP contribution in [0.15, 0.2) is 48.5 Å². The van der Waals surface area contributed by atoms with Crippen LogP contribution in [0.2, 0.25) is 0 Å². The molecule has 3 rings (SSSR count). The Morgan fingerprint density at radius 2 is 1.87 bits per heavy atom. The quantitative estimate of drug-likeness (QED) is 0.466. The SMILES string of the molecule is CCC(CCNc1nc(Cc2ccccc2OC)ns1)NC(=O)c1ccc(OC)cc1. The zero-order valence-corrected chi connectivity index (χ0v) is 18.9. The molecular formula is C23H28N4O3S. The van der Waals surface area contributed by atoms with E-state index >= 15 is 0 Å². The fourth-order valence-electron chi connectivity index (χ4n) is 3.16. The van der Waals surface area contributed by atoms with E-state index in [4.69, 9.17) is 9.47 Å². The summed E-state index contributed by atoms with van der Waals surface area (Å²) in [6, 6.07) is 15.1. The van der Waals surface area contributed by atoms with E-state index in [9.17, 15) is 4.79 Å². The van der Waals surface area contributed by atoms with E-state index in [2.05, 4.69) is 26.9 Å². The summed E-state index contributed by atoms with van der Waals surface area (Å²) in [7, 11) is 3.27. The molecule has 0 aliphatic carbocycles. The van der Waals surface area contributed by atoms with Crippen molar-refractivity contribution in [2.45, 2.75) is 32.2 Å². The molecule has 0 radical (unpaired) electrons. The highest BCUT2D eigenvalue weighted by Crippen LogP contribution is 2.21. The third kappa shape index (κ3) is 6.42. The monoisotopic (exact) mass is 440 g/mol. The van der Waals surface area contributed by atoms with Gasteiger partial charge in [-0.2, -0.15) is 4.37 Å². The number of hydrogen-bond acceptors (Lipinski definition) is 7. The summed E-state index contributed by atoms with van der Waals surface area (Å²) < 4.78 is 15.0. The van der Waals surface area contributed by atoms with Crippen LogP contribution in [0.4, 0.5) is 5.13 Å². The minimum atomic E-state index is -0.0792. The number of nitrogens with zero attached hydrogens (tertiary/aromatic N) is 2. The number of carbonyl (C=O) groups is 1. The average Bonchev–Trinajstić information content (AvgIpc) is 3.25. The lowest BCUT2D eigenvalue weighted by molar-refractivity contribution is 0.0934. The van der Waals surface area contributed by atoms with Crippen molar-refractivity contribution < 1.29 is 14.3 Å². The van der Waals surface area contributed by atoms with Gasteiger partial charge in [0.25, 0.3) is 5.91 Å². The molecule has 1 heterocycles. The maximum atomic E-state index is 12.5. The van der Waals surface area contributed by atoms with Crippen LogP contribution in [0.3, 0.4) is 0 Å². The Balaban J connectivity index is 1.47. The summed E-state index contributed by atoms with van der Waals surface area (Å²) in [5.41, 5.74) is 1.68. The van der Waals surface area contributed by atoms with Crippen LogP contribution in [0, 0.1) is 0 Å². The molecule has 2 N–H and O–H groups in total. The molecule has 1 amide bonds. The van der Waals surface area contributed by atoms with E-state index in [1.54, 1.807) is 38.5 Å². The Bertz CT molecular complexity index is 975. The summed E-state index contributed by atoms with van der Waals surface area (Å²) in [4.78, 5) is 17.0. The average molecular weight is 441 g/mol. The number of methoxy groups -OCH3 is 2. The number of anilines is 1. The molecule has 2 aromatic carbocycles. The van der Waals surface area contributed by atoms with Gasteiger partial charge in [0.05, 0.1) is 14.2 Å². The second-order valence-corrected chi connectivity index (χ2v) is 7.78. The summed E-state index contributed by atoms with van der Waals surface area (Å²) in [6.07, 6.45) is 2.26. The van der Waals surface area contributed by atoms with Crippen molar-refractivity contribution in [2.75, 3.05) is 26.1 Å². The molecule has 0 spiro atoms. The summed E-state index contributed by atoms with van der Waals surface area (Å²) >= 11 is 1.34. The molecule has 1 unspecified atom stereocenters. The van der Waals surface area contributed by atoms with Crippen LogP contribution in [-0.2, 0) is 6.42 Å². The van der Waals surface area contributed by atoms with Crippen LogP contribution < -0.4 is 20.1 Å². The lowest BCUT2D eigenvalue weighted by Crippen LogP contribution is -2.35. The first-order valence-electron chi connectivity index (χ1n) is 10.3. The second-order valence-electron chi connectivity index (χ2n) is 7.03. The van der Waals surface area contributed by atoms with Gasteiger partial charge in [-0.15, -0.1) is 0 Å². The number of nitrogens with one attached hydrogen (secondary N) is 2. The zero-order valence-electron chi connectivity index (χ0n) is 18.1. The van der Waals surface area contributed by atoms with Gasteiger partial charge in [-0.3, -0.25) is 4.79 Å². The zero-order chi connectivity index (χ0) is 22.1. The molecule has 164 valence electrons. The second kappa shape index (κ2) is 11.3. The Hall–Kier alpha value is -3.13. The first kappa shape index (κ1) is 22.6. The van der Waals surface area contributed by atoms with E-state index in [-0.39, 0.29) is 11.9 Å². The number of benzene rings is 2. The highest BCUT2D eigenvalue weighted by Gasteiger charge is 2.13. The standard InChI is InChI=1S/C23H28N4O3S/c1-4-18(25-22(28)16-9-11-19(29-2)12-10-16)13-14-24-23-26-21(27-31-23)15-17-7-5-6-8-20(17)30-3/h5-12,18H,4,13-15H2,1-3H3,(H,25,28)(H,24,26,27). The summed E-state index contributed by atoms with van der Waals surface area (Å²) in [5.74, 6) is 2.25. The van der Waals surface area contributed by atoms with E-state index in [1.165, 1.54) is 11.5 Å². The predicted octanol–water partition coefficient (Wildman–Crippen LogP) is 4.16. The first-order chi connectivity index (χ1) is 15.1. The minimum Gasteiger partial charge on any atom is -0.497 e. The number of rotatable bonds is 11. The number of carbonyl (C=O) groups excluding carboxylic acids is 1. The smallest absolute Gasteiger partial charge is 0.251 e. The molecule has 0 saturated carbocycles. The van der Waals surface area contributed by atoms with Gasteiger partial charge in [0.1, 0.15) is 17.3 Å². The summed E-state index contributed by atoms with van der Waals surface area (Å²) in [5, 5.41) is 7.19. The van der Waals surface area contributed by atoms with Gasteiger partial charge in [0, 0.05) is 41.7 Å². The maximum absolute atomic E-state index is 12.5. The highest BCUT2D eigenvalue weighted by molar-refractivity contribution is 7.09. The lowest BCUT2D eigenvalue weighted by atomic mass is 10.1. The van der Waals surface area contributed by atoms with Crippen molar-refractivity contribution >= 4 is 22.6 Å². The van der Waals surface area contributed by atoms with Crippen molar-refractivity contribution in [3.8, 4) is 11.5 Å². The number of amides is 1. The number of aromatic nitrogens is 2.